The third kappa shape index (κ3) is 14.3. The van der Waals surface area contributed by atoms with Gasteiger partial charge in [-0.25, -0.2) is 4.79 Å². The van der Waals surface area contributed by atoms with Gasteiger partial charge in [0.2, 0.25) is 0 Å². The van der Waals surface area contributed by atoms with Crippen LogP contribution in [0.15, 0.2) is 30.3 Å². The fraction of sp³-hybridized carbons (Fsp3) is 0.571. The van der Waals surface area contributed by atoms with Crippen LogP contribution in [0.4, 0.5) is 0 Å². The first-order chi connectivity index (χ1) is 13.4. The molecule has 28 heavy (non-hydrogen) atoms. The van der Waals surface area contributed by atoms with Gasteiger partial charge < -0.3 is 9.47 Å². The molecule has 0 aliphatic heterocycles. The summed E-state index contributed by atoms with van der Waals surface area (Å²) in [7, 11) is 0. The van der Waals surface area contributed by atoms with E-state index in [0.717, 1.165) is 50.0 Å². The molecule has 0 unspecified atom stereocenters. The summed E-state index contributed by atoms with van der Waals surface area (Å²) in [4.78, 5) is 11.8. The van der Waals surface area contributed by atoms with E-state index in [4.69, 9.17) is 42.7 Å². The molecule has 1 aromatic rings. The Labute approximate surface area is 184 Å². The Morgan fingerprint density at radius 2 is 1.71 bits per heavy atom. The molecule has 0 aliphatic rings. The SMILES string of the molecule is CCCCCCOc1cccc(/C=C/C(=O)OCCCCCC[Si](Cl)(Cl)Cl)c1. The molecule has 1 rings (SSSR count). The molecule has 0 radical (unpaired) electrons. The van der Waals surface area contributed by atoms with E-state index in [1.807, 2.05) is 24.3 Å². The van der Waals surface area contributed by atoms with E-state index in [1.165, 1.54) is 25.3 Å². The van der Waals surface area contributed by atoms with E-state index in [9.17, 15) is 4.79 Å². The van der Waals surface area contributed by atoms with Crippen molar-refractivity contribution < 1.29 is 14.3 Å². The highest BCUT2D eigenvalue weighted by Crippen LogP contribution is 2.27. The van der Waals surface area contributed by atoms with Crippen LogP contribution in [0.5, 0.6) is 5.75 Å². The molecular weight excluding hydrogens is 435 g/mol. The molecule has 0 aliphatic carbocycles. The number of ether oxygens (including phenoxy) is 2. The minimum atomic E-state index is -2.49. The standard InChI is InChI=1S/C21H31Cl3O3Si/c1-2-3-4-7-15-26-20-12-10-11-19(18-20)13-14-21(25)27-16-8-5-6-9-17-28(22,23)24/h10-14,18H,2-9,15-17H2,1H3/b14-13+. The van der Waals surface area contributed by atoms with Crippen molar-refractivity contribution in [3.05, 3.63) is 35.9 Å². The molecule has 0 bridgehead atoms. The summed E-state index contributed by atoms with van der Waals surface area (Å²) in [5.41, 5.74) is 0.916. The molecule has 0 N–H and O–H groups in total. The van der Waals surface area contributed by atoms with Crippen LogP contribution in [-0.2, 0) is 9.53 Å². The Morgan fingerprint density at radius 3 is 2.46 bits per heavy atom. The van der Waals surface area contributed by atoms with Gasteiger partial charge in [0.15, 0.2) is 0 Å². The summed E-state index contributed by atoms with van der Waals surface area (Å²) in [5.74, 6) is 0.490. The molecule has 7 heteroatoms. The average molecular weight is 466 g/mol. The fourth-order valence-corrected chi connectivity index (χ4v) is 4.45. The summed E-state index contributed by atoms with van der Waals surface area (Å²) in [5, 5.41) is 0. The van der Waals surface area contributed by atoms with E-state index in [-0.39, 0.29) is 5.97 Å². The molecule has 0 saturated carbocycles. The lowest BCUT2D eigenvalue weighted by molar-refractivity contribution is -0.137. The van der Waals surface area contributed by atoms with Crippen molar-refractivity contribution in [2.24, 2.45) is 0 Å². The number of hydrogen-bond acceptors (Lipinski definition) is 3. The molecule has 0 fully saturated rings. The zero-order valence-electron chi connectivity index (χ0n) is 16.6. The summed E-state index contributed by atoms with van der Waals surface area (Å²) in [6.45, 7) is 3.33. The van der Waals surface area contributed by atoms with Gasteiger partial charge >= 0.3 is 12.0 Å². The lowest BCUT2D eigenvalue weighted by Gasteiger charge is -2.07. The van der Waals surface area contributed by atoms with Gasteiger partial charge in [-0.2, -0.15) is 0 Å². The quantitative estimate of drug-likeness (QED) is 0.0888. The Bertz CT molecular complexity index is 589. The minimum absolute atomic E-state index is 0.334. The van der Waals surface area contributed by atoms with E-state index < -0.39 is 6.00 Å². The molecule has 1 aromatic carbocycles. The van der Waals surface area contributed by atoms with Crippen LogP contribution in [0, 0.1) is 0 Å². The van der Waals surface area contributed by atoms with Crippen molar-refractivity contribution >= 4 is 51.3 Å². The Hall–Kier alpha value is -0.683. The highest BCUT2D eigenvalue weighted by molar-refractivity contribution is 7.64. The third-order valence-corrected chi connectivity index (χ3v) is 6.76. The van der Waals surface area contributed by atoms with Crippen molar-refractivity contribution in [2.45, 2.75) is 64.3 Å². The average Bonchev–Trinajstić information content (AvgIpc) is 2.65. The monoisotopic (exact) mass is 464 g/mol. The van der Waals surface area contributed by atoms with Crippen LogP contribution in [0.2, 0.25) is 6.04 Å². The fourth-order valence-electron chi connectivity index (χ4n) is 2.59. The molecule has 0 saturated heterocycles. The second-order valence-electron chi connectivity index (χ2n) is 6.76. The van der Waals surface area contributed by atoms with Gasteiger partial charge in [-0.1, -0.05) is 57.6 Å². The maximum Gasteiger partial charge on any atom is 0.341 e. The van der Waals surface area contributed by atoms with Gasteiger partial charge in [-0.05, 0) is 42.7 Å². The van der Waals surface area contributed by atoms with E-state index >= 15 is 0 Å². The largest absolute Gasteiger partial charge is 0.494 e. The molecule has 0 amide bonds. The van der Waals surface area contributed by atoms with Crippen LogP contribution in [0.1, 0.15) is 63.9 Å². The number of carbonyl (C=O) groups excluding carboxylic acids is 1. The first-order valence-electron chi connectivity index (χ1n) is 10.0. The highest BCUT2D eigenvalue weighted by atomic mass is 35.8. The topological polar surface area (TPSA) is 35.5 Å². The van der Waals surface area contributed by atoms with Crippen LogP contribution in [0.25, 0.3) is 6.08 Å². The molecule has 0 spiro atoms. The zero-order valence-corrected chi connectivity index (χ0v) is 19.9. The Kier molecular flexibility index (Phi) is 13.8. The smallest absolute Gasteiger partial charge is 0.341 e. The maximum atomic E-state index is 11.8. The van der Waals surface area contributed by atoms with Crippen LogP contribution in [0.3, 0.4) is 0 Å². The van der Waals surface area contributed by atoms with E-state index in [1.54, 1.807) is 6.08 Å². The first-order valence-corrected chi connectivity index (χ1v) is 15.3. The van der Waals surface area contributed by atoms with Crippen LogP contribution in [-0.4, -0.2) is 25.2 Å². The molecule has 0 atom stereocenters. The maximum absolute atomic E-state index is 11.8. The molecular formula is C21H31Cl3O3Si. The summed E-state index contributed by atoms with van der Waals surface area (Å²) in [6, 6.07) is 5.91. The van der Waals surface area contributed by atoms with Gasteiger partial charge in [0.1, 0.15) is 5.75 Å². The predicted octanol–water partition coefficient (Wildman–Crippen LogP) is 7.42. The summed E-state index contributed by atoms with van der Waals surface area (Å²) in [6.07, 6.45) is 11.6. The number of esters is 1. The van der Waals surface area contributed by atoms with E-state index in [0.29, 0.717) is 12.7 Å². The Balaban J connectivity index is 2.20. The minimum Gasteiger partial charge on any atom is -0.494 e. The van der Waals surface area contributed by atoms with Crippen molar-refractivity contribution in [1.29, 1.82) is 0 Å². The number of unbranched alkanes of at least 4 members (excludes halogenated alkanes) is 6. The van der Waals surface area contributed by atoms with Gasteiger partial charge in [0, 0.05) is 6.08 Å². The van der Waals surface area contributed by atoms with Gasteiger partial charge in [0.25, 0.3) is 0 Å². The van der Waals surface area contributed by atoms with Gasteiger partial charge in [-0.3, -0.25) is 0 Å². The normalized spacial score (nSPS) is 11.7. The summed E-state index contributed by atoms with van der Waals surface area (Å²) >= 11 is 17.5. The molecule has 0 aromatic heterocycles. The molecule has 158 valence electrons. The number of rotatable bonds is 15. The molecule has 3 nitrogen and oxygen atoms in total. The third-order valence-electron chi connectivity index (χ3n) is 4.14. The van der Waals surface area contributed by atoms with Crippen molar-refractivity contribution in [2.75, 3.05) is 13.2 Å². The van der Waals surface area contributed by atoms with Gasteiger partial charge in [-0.15, -0.1) is 33.2 Å². The first kappa shape index (κ1) is 25.4. The van der Waals surface area contributed by atoms with Crippen molar-refractivity contribution in [3.63, 3.8) is 0 Å². The van der Waals surface area contributed by atoms with Crippen molar-refractivity contribution in [1.82, 2.24) is 0 Å². The Morgan fingerprint density at radius 1 is 1.00 bits per heavy atom. The number of carbonyl (C=O) groups is 1. The van der Waals surface area contributed by atoms with Crippen LogP contribution < -0.4 is 4.74 Å². The highest BCUT2D eigenvalue weighted by Gasteiger charge is 2.23. The lowest BCUT2D eigenvalue weighted by Crippen LogP contribution is -2.07. The molecule has 0 heterocycles. The van der Waals surface area contributed by atoms with Crippen molar-refractivity contribution in [3.8, 4) is 5.75 Å². The second-order valence-corrected chi connectivity index (χ2v) is 16.0. The number of halogens is 3. The lowest BCUT2D eigenvalue weighted by atomic mass is 10.2. The number of hydrogen-bond donors (Lipinski definition) is 0. The summed E-state index contributed by atoms with van der Waals surface area (Å²) < 4.78 is 11.0. The zero-order chi connectivity index (χ0) is 20.7. The van der Waals surface area contributed by atoms with Crippen LogP contribution >= 0.6 is 33.2 Å². The number of benzene rings is 1. The predicted molar refractivity (Wildman–Crippen MR) is 123 cm³/mol. The second kappa shape index (κ2) is 15.2. The van der Waals surface area contributed by atoms with Gasteiger partial charge in [0.05, 0.1) is 13.2 Å². The van der Waals surface area contributed by atoms with E-state index in [2.05, 4.69) is 6.92 Å².